The third kappa shape index (κ3) is 4.80. The van der Waals surface area contributed by atoms with E-state index in [1.165, 1.54) is 0 Å². The van der Waals surface area contributed by atoms with Crippen LogP contribution in [0.2, 0.25) is 0 Å². The molecule has 1 aliphatic heterocycles. The van der Waals surface area contributed by atoms with Gasteiger partial charge in [0.25, 0.3) is 5.91 Å². The van der Waals surface area contributed by atoms with E-state index in [1.54, 1.807) is 24.1 Å². The zero-order chi connectivity index (χ0) is 22.5. The first-order valence-electron chi connectivity index (χ1n) is 10.7. The molecule has 0 saturated carbocycles. The van der Waals surface area contributed by atoms with Crippen molar-refractivity contribution in [3.8, 4) is 5.75 Å². The van der Waals surface area contributed by atoms with Gasteiger partial charge in [-0.15, -0.1) is 0 Å². The van der Waals surface area contributed by atoms with Crippen molar-refractivity contribution in [1.29, 1.82) is 0 Å². The van der Waals surface area contributed by atoms with E-state index in [2.05, 4.69) is 20.5 Å². The molecule has 0 spiro atoms. The topological polar surface area (TPSA) is 100 Å². The Labute approximate surface area is 187 Å². The van der Waals surface area contributed by atoms with Gasteiger partial charge < -0.3 is 15.0 Å². The van der Waals surface area contributed by atoms with Crippen LogP contribution in [-0.4, -0.2) is 58.1 Å². The molecule has 3 aromatic rings. The summed E-state index contributed by atoms with van der Waals surface area (Å²) < 4.78 is 5.39. The first-order chi connectivity index (χ1) is 15.5. The van der Waals surface area contributed by atoms with Crippen LogP contribution in [0.15, 0.2) is 54.6 Å². The predicted octanol–water partition coefficient (Wildman–Crippen LogP) is 2.48. The highest BCUT2D eigenvalue weighted by Gasteiger charge is 2.39. The normalized spacial score (nSPS) is 17.9. The van der Waals surface area contributed by atoms with Crippen LogP contribution >= 0.6 is 0 Å². The van der Waals surface area contributed by atoms with Crippen molar-refractivity contribution in [2.45, 2.75) is 31.7 Å². The van der Waals surface area contributed by atoms with E-state index in [9.17, 15) is 9.59 Å². The first kappa shape index (κ1) is 21.5. The summed E-state index contributed by atoms with van der Waals surface area (Å²) in [5.41, 5.74) is 1.58. The second-order valence-electron chi connectivity index (χ2n) is 7.94. The van der Waals surface area contributed by atoms with Gasteiger partial charge in [0.1, 0.15) is 11.6 Å². The average Bonchev–Trinajstić information content (AvgIpc) is 3.44. The van der Waals surface area contributed by atoms with Crippen molar-refractivity contribution in [1.82, 2.24) is 25.4 Å². The molecule has 1 fully saturated rings. The van der Waals surface area contributed by atoms with Gasteiger partial charge in [0.05, 0.1) is 19.1 Å². The SMILES string of the molecule is COc1ccccc1CCC(=O)N1CC(NC(=O)c2ccccc2)C(c2n[nH]c(C)n2)C1. The molecule has 2 aromatic carbocycles. The highest BCUT2D eigenvalue weighted by molar-refractivity contribution is 5.94. The number of methoxy groups -OCH3 is 1. The zero-order valence-corrected chi connectivity index (χ0v) is 18.2. The fourth-order valence-electron chi connectivity index (χ4n) is 4.09. The van der Waals surface area contributed by atoms with Gasteiger partial charge in [-0.05, 0) is 37.1 Å². The minimum Gasteiger partial charge on any atom is -0.496 e. The summed E-state index contributed by atoms with van der Waals surface area (Å²) in [6.07, 6.45) is 0.949. The smallest absolute Gasteiger partial charge is 0.251 e. The molecule has 2 unspecified atom stereocenters. The number of hydrogen-bond acceptors (Lipinski definition) is 5. The minimum atomic E-state index is -0.270. The predicted molar refractivity (Wildman–Crippen MR) is 119 cm³/mol. The van der Waals surface area contributed by atoms with Crippen molar-refractivity contribution in [2.24, 2.45) is 0 Å². The van der Waals surface area contributed by atoms with Crippen molar-refractivity contribution >= 4 is 11.8 Å². The Morgan fingerprint density at radius 1 is 1.12 bits per heavy atom. The molecule has 2 amide bonds. The summed E-state index contributed by atoms with van der Waals surface area (Å²) in [7, 11) is 1.63. The Bertz CT molecular complexity index is 1080. The second-order valence-corrected chi connectivity index (χ2v) is 7.94. The Hall–Kier alpha value is -3.68. The van der Waals surface area contributed by atoms with E-state index in [0.717, 1.165) is 11.3 Å². The molecule has 166 valence electrons. The largest absolute Gasteiger partial charge is 0.496 e. The molecule has 0 radical (unpaired) electrons. The van der Waals surface area contributed by atoms with Gasteiger partial charge in [0, 0.05) is 25.1 Å². The fraction of sp³-hybridized carbons (Fsp3) is 0.333. The van der Waals surface area contributed by atoms with Gasteiger partial charge in [0.2, 0.25) is 5.91 Å². The van der Waals surface area contributed by atoms with E-state index in [1.807, 2.05) is 49.4 Å². The number of aromatic amines is 1. The third-order valence-corrected chi connectivity index (χ3v) is 5.77. The lowest BCUT2D eigenvalue weighted by molar-refractivity contribution is -0.130. The molecule has 8 nitrogen and oxygen atoms in total. The average molecular weight is 434 g/mol. The van der Waals surface area contributed by atoms with Gasteiger partial charge in [-0.1, -0.05) is 36.4 Å². The Morgan fingerprint density at radius 2 is 1.88 bits per heavy atom. The molecule has 0 bridgehead atoms. The quantitative estimate of drug-likeness (QED) is 0.596. The molecule has 1 aliphatic rings. The molecular formula is C24H27N5O3. The number of carbonyl (C=O) groups is 2. The van der Waals surface area contributed by atoms with Gasteiger partial charge in [-0.3, -0.25) is 14.7 Å². The number of rotatable bonds is 7. The summed E-state index contributed by atoms with van der Waals surface area (Å²) in [6, 6.07) is 16.5. The number of benzene rings is 2. The number of hydrogen-bond donors (Lipinski definition) is 2. The number of para-hydroxylation sites is 1. The number of H-pyrrole nitrogens is 1. The van der Waals surface area contributed by atoms with Crippen LogP contribution in [-0.2, 0) is 11.2 Å². The molecule has 32 heavy (non-hydrogen) atoms. The number of likely N-dealkylation sites (tertiary alicyclic amines) is 1. The van der Waals surface area contributed by atoms with E-state index in [-0.39, 0.29) is 23.8 Å². The molecule has 1 aromatic heterocycles. The number of aryl methyl sites for hydroxylation is 2. The maximum atomic E-state index is 13.0. The van der Waals surface area contributed by atoms with Crippen LogP contribution in [0.4, 0.5) is 0 Å². The summed E-state index contributed by atoms with van der Waals surface area (Å²) >= 11 is 0. The van der Waals surface area contributed by atoms with E-state index < -0.39 is 0 Å². The molecule has 2 atom stereocenters. The highest BCUT2D eigenvalue weighted by atomic mass is 16.5. The monoisotopic (exact) mass is 433 g/mol. The number of aromatic nitrogens is 3. The van der Waals surface area contributed by atoms with Crippen molar-refractivity contribution in [3.63, 3.8) is 0 Å². The fourth-order valence-corrected chi connectivity index (χ4v) is 4.09. The standard InChI is InChI=1S/C24H27N5O3/c1-16-25-23(28-27-16)19-14-29(15-20(19)26-24(31)18-9-4-3-5-10-18)22(30)13-12-17-8-6-7-11-21(17)32-2/h3-11,19-20H,12-15H2,1-2H3,(H,26,31)(H,25,27,28). The van der Waals surface area contributed by atoms with Crippen LogP contribution in [0.5, 0.6) is 5.75 Å². The number of ether oxygens (including phenoxy) is 1. The molecule has 1 saturated heterocycles. The zero-order valence-electron chi connectivity index (χ0n) is 18.2. The van der Waals surface area contributed by atoms with Crippen LogP contribution < -0.4 is 10.1 Å². The van der Waals surface area contributed by atoms with Gasteiger partial charge in [-0.2, -0.15) is 5.10 Å². The summed E-state index contributed by atoms with van der Waals surface area (Å²) in [4.78, 5) is 32.0. The Balaban J connectivity index is 1.46. The van der Waals surface area contributed by atoms with Gasteiger partial charge >= 0.3 is 0 Å². The maximum absolute atomic E-state index is 13.0. The van der Waals surface area contributed by atoms with Crippen LogP contribution in [0, 0.1) is 6.92 Å². The molecule has 2 N–H and O–H groups in total. The Morgan fingerprint density at radius 3 is 2.59 bits per heavy atom. The van der Waals surface area contributed by atoms with E-state index in [4.69, 9.17) is 4.74 Å². The lowest BCUT2D eigenvalue weighted by Gasteiger charge is -2.18. The number of nitrogens with zero attached hydrogens (tertiary/aromatic N) is 3. The van der Waals surface area contributed by atoms with Crippen molar-refractivity contribution in [3.05, 3.63) is 77.4 Å². The molecule has 8 heteroatoms. The van der Waals surface area contributed by atoms with Crippen molar-refractivity contribution in [2.75, 3.05) is 20.2 Å². The van der Waals surface area contributed by atoms with Gasteiger partial charge in [0.15, 0.2) is 5.82 Å². The minimum absolute atomic E-state index is 0.0321. The molecular weight excluding hydrogens is 406 g/mol. The number of carbonyl (C=O) groups excluding carboxylic acids is 2. The molecule has 0 aliphatic carbocycles. The Kier molecular flexibility index (Phi) is 6.49. The van der Waals surface area contributed by atoms with Crippen LogP contribution in [0.1, 0.15) is 39.9 Å². The molecule has 2 heterocycles. The maximum Gasteiger partial charge on any atom is 0.251 e. The van der Waals surface area contributed by atoms with Crippen molar-refractivity contribution < 1.29 is 14.3 Å². The lowest BCUT2D eigenvalue weighted by atomic mass is 10.0. The van der Waals surface area contributed by atoms with Crippen LogP contribution in [0.25, 0.3) is 0 Å². The third-order valence-electron chi connectivity index (χ3n) is 5.77. The highest BCUT2D eigenvalue weighted by Crippen LogP contribution is 2.27. The number of amides is 2. The summed E-state index contributed by atoms with van der Waals surface area (Å²) in [6.45, 7) is 2.71. The summed E-state index contributed by atoms with van der Waals surface area (Å²) in [5, 5.41) is 10.2. The second kappa shape index (κ2) is 9.64. The lowest BCUT2D eigenvalue weighted by Crippen LogP contribution is -2.40. The first-order valence-corrected chi connectivity index (χ1v) is 10.7. The molecule has 4 rings (SSSR count). The van der Waals surface area contributed by atoms with Crippen LogP contribution in [0.3, 0.4) is 0 Å². The van der Waals surface area contributed by atoms with E-state index in [0.29, 0.717) is 43.1 Å². The van der Waals surface area contributed by atoms with Gasteiger partial charge in [-0.25, -0.2) is 4.98 Å². The number of nitrogens with one attached hydrogen (secondary N) is 2. The summed E-state index contributed by atoms with van der Waals surface area (Å²) in [5.74, 6) is 1.78. The van der Waals surface area contributed by atoms with E-state index >= 15 is 0 Å².